The van der Waals surface area contributed by atoms with Gasteiger partial charge in [0.2, 0.25) is 0 Å². The van der Waals surface area contributed by atoms with Crippen LogP contribution in [0.1, 0.15) is 23.3 Å². The van der Waals surface area contributed by atoms with E-state index in [-0.39, 0.29) is 11.6 Å². The molecule has 20 heavy (non-hydrogen) atoms. The molecule has 0 atom stereocenters. The van der Waals surface area contributed by atoms with Crippen LogP contribution in [0.15, 0.2) is 22.9 Å². The van der Waals surface area contributed by atoms with Crippen molar-refractivity contribution in [3.8, 4) is 0 Å². The normalized spacial score (nSPS) is 15.6. The zero-order valence-electron chi connectivity index (χ0n) is 10.7. The molecule has 0 amide bonds. The summed E-state index contributed by atoms with van der Waals surface area (Å²) in [5.74, 6) is 0. The van der Waals surface area contributed by atoms with Crippen molar-refractivity contribution in [2.24, 2.45) is 0 Å². The summed E-state index contributed by atoms with van der Waals surface area (Å²) in [4.78, 5) is 4.78. The van der Waals surface area contributed by atoms with Crippen molar-refractivity contribution < 1.29 is 8.42 Å². The van der Waals surface area contributed by atoms with Crippen LogP contribution in [0.4, 0.5) is 0 Å². The first kappa shape index (κ1) is 13.7. The van der Waals surface area contributed by atoms with Crippen molar-refractivity contribution in [2.45, 2.75) is 37.0 Å². The second kappa shape index (κ2) is 5.60. The predicted octanol–water partition coefficient (Wildman–Crippen LogP) is 0.597. The summed E-state index contributed by atoms with van der Waals surface area (Å²) >= 11 is 1.41. The summed E-state index contributed by atoms with van der Waals surface area (Å²) in [7, 11) is -3.58. The molecular formula is C11H15N5O2S2. The molecular weight excluding hydrogens is 298 g/mol. The van der Waals surface area contributed by atoms with Crippen LogP contribution in [0.25, 0.3) is 0 Å². The van der Waals surface area contributed by atoms with E-state index in [1.165, 1.54) is 11.3 Å². The average Bonchev–Trinajstić information content (AvgIpc) is 2.94. The number of rotatable bonds is 7. The number of thiazole rings is 1. The molecule has 0 unspecified atom stereocenters. The molecule has 0 aromatic carbocycles. The number of H-pyrrole nitrogens is 1. The molecule has 0 aliphatic heterocycles. The molecule has 1 aliphatic rings. The van der Waals surface area contributed by atoms with Gasteiger partial charge in [-0.15, -0.1) is 11.3 Å². The molecule has 0 radical (unpaired) electrons. The van der Waals surface area contributed by atoms with Gasteiger partial charge in [-0.1, -0.05) is 0 Å². The lowest BCUT2D eigenvalue weighted by molar-refractivity contribution is 0.574. The van der Waals surface area contributed by atoms with Gasteiger partial charge in [0.1, 0.15) is 0 Å². The molecule has 2 aromatic rings. The van der Waals surface area contributed by atoms with Crippen LogP contribution in [0, 0.1) is 0 Å². The number of aromatic nitrogens is 3. The van der Waals surface area contributed by atoms with Crippen LogP contribution in [0.5, 0.6) is 0 Å². The Morgan fingerprint density at radius 2 is 2.20 bits per heavy atom. The van der Waals surface area contributed by atoms with Crippen LogP contribution in [-0.2, 0) is 23.1 Å². The first-order valence-electron chi connectivity index (χ1n) is 6.28. The van der Waals surface area contributed by atoms with Crippen molar-refractivity contribution in [1.29, 1.82) is 0 Å². The van der Waals surface area contributed by atoms with Crippen molar-refractivity contribution in [3.63, 3.8) is 0 Å². The summed E-state index contributed by atoms with van der Waals surface area (Å²) in [5.41, 5.74) is 2.33. The van der Waals surface area contributed by atoms with E-state index in [0.29, 0.717) is 18.2 Å². The minimum absolute atomic E-state index is 0.134. The van der Waals surface area contributed by atoms with Gasteiger partial charge in [-0.25, -0.2) is 13.1 Å². The molecule has 7 nitrogen and oxygen atoms in total. The number of sulfonamides is 1. The number of aromatic amines is 1. The summed E-state index contributed by atoms with van der Waals surface area (Å²) in [5, 5.41) is 9.82. The third kappa shape index (κ3) is 3.23. The van der Waals surface area contributed by atoms with Gasteiger partial charge >= 0.3 is 0 Å². The van der Waals surface area contributed by atoms with E-state index in [9.17, 15) is 8.42 Å². The Labute approximate surface area is 120 Å². The molecule has 0 saturated heterocycles. The Bertz CT molecular complexity index is 661. The number of nitrogens with one attached hydrogen (secondary N) is 3. The molecule has 108 valence electrons. The maximum absolute atomic E-state index is 12.2. The zero-order valence-corrected chi connectivity index (χ0v) is 12.3. The molecule has 1 fully saturated rings. The number of hydrogen-bond donors (Lipinski definition) is 3. The van der Waals surface area contributed by atoms with Crippen LogP contribution >= 0.6 is 11.3 Å². The van der Waals surface area contributed by atoms with Crippen LogP contribution < -0.4 is 10.0 Å². The monoisotopic (exact) mass is 313 g/mol. The average molecular weight is 313 g/mol. The third-order valence-corrected chi connectivity index (χ3v) is 5.22. The van der Waals surface area contributed by atoms with Crippen molar-refractivity contribution in [1.82, 2.24) is 25.2 Å². The van der Waals surface area contributed by atoms with Gasteiger partial charge in [-0.2, -0.15) is 5.10 Å². The van der Waals surface area contributed by atoms with E-state index in [4.69, 9.17) is 0 Å². The lowest BCUT2D eigenvalue weighted by atomic mass is 10.3. The second-order valence-electron chi connectivity index (χ2n) is 4.67. The highest BCUT2D eigenvalue weighted by Crippen LogP contribution is 2.20. The SMILES string of the molecule is O=S(=O)(NCc1cncs1)c1[nH]ncc1CNC1CC1. The second-order valence-corrected chi connectivity index (χ2v) is 7.35. The standard InChI is InChI=1S/C11H15N5O2S2/c17-20(18,15-6-10-5-12-7-19-10)11-8(4-14-16-11)3-13-9-1-2-9/h4-5,7,9,13,15H,1-3,6H2,(H,14,16). The van der Waals surface area contributed by atoms with Crippen LogP contribution in [0.3, 0.4) is 0 Å². The Morgan fingerprint density at radius 1 is 1.35 bits per heavy atom. The number of hydrogen-bond acceptors (Lipinski definition) is 6. The van der Waals surface area contributed by atoms with Gasteiger partial charge in [-0.3, -0.25) is 10.1 Å². The molecule has 0 spiro atoms. The highest BCUT2D eigenvalue weighted by atomic mass is 32.2. The fourth-order valence-electron chi connectivity index (χ4n) is 1.77. The summed E-state index contributed by atoms with van der Waals surface area (Å²) in [6.07, 6.45) is 5.51. The molecule has 1 aliphatic carbocycles. The van der Waals surface area contributed by atoms with Gasteiger partial charge in [0.25, 0.3) is 10.0 Å². The first-order valence-corrected chi connectivity index (χ1v) is 8.64. The highest BCUT2D eigenvalue weighted by molar-refractivity contribution is 7.89. The fourth-order valence-corrected chi connectivity index (χ4v) is 3.53. The molecule has 2 aromatic heterocycles. The summed E-state index contributed by atoms with van der Waals surface area (Å²) in [6.45, 7) is 0.749. The Morgan fingerprint density at radius 3 is 2.90 bits per heavy atom. The van der Waals surface area contributed by atoms with E-state index in [0.717, 1.165) is 17.7 Å². The van der Waals surface area contributed by atoms with Crippen LogP contribution in [0.2, 0.25) is 0 Å². The summed E-state index contributed by atoms with van der Waals surface area (Å²) < 4.78 is 27.0. The molecule has 3 rings (SSSR count). The summed E-state index contributed by atoms with van der Waals surface area (Å²) in [6, 6.07) is 0.519. The fraction of sp³-hybridized carbons (Fsp3) is 0.455. The topological polar surface area (TPSA) is 99.8 Å². The van der Waals surface area contributed by atoms with Crippen molar-refractivity contribution in [3.05, 3.63) is 28.3 Å². The minimum atomic E-state index is -3.58. The molecule has 3 N–H and O–H groups in total. The van der Waals surface area contributed by atoms with Gasteiger partial charge in [0.05, 0.1) is 11.7 Å². The van der Waals surface area contributed by atoms with E-state index >= 15 is 0 Å². The van der Waals surface area contributed by atoms with Gasteiger partial charge in [0.15, 0.2) is 5.03 Å². The van der Waals surface area contributed by atoms with Crippen molar-refractivity contribution in [2.75, 3.05) is 0 Å². The van der Waals surface area contributed by atoms with Crippen LogP contribution in [-0.4, -0.2) is 29.6 Å². The minimum Gasteiger partial charge on any atom is -0.310 e. The lowest BCUT2D eigenvalue weighted by Gasteiger charge is -2.06. The predicted molar refractivity (Wildman–Crippen MR) is 74.6 cm³/mol. The largest absolute Gasteiger partial charge is 0.310 e. The quantitative estimate of drug-likeness (QED) is 0.695. The maximum atomic E-state index is 12.2. The van der Waals surface area contributed by atoms with Gasteiger partial charge < -0.3 is 5.32 Å². The maximum Gasteiger partial charge on any atom is 0.258 e. The smallest absolute Gasteiger partial charge is 0.258 e. The highest BCUT2D eigenvalue weighted by Gasteiger charge is 2.24. The molecule has 1 saturated carbocycles. The molecule has 2 heterocycles. The Hall–Kier alpha value is -1.29. The van der Waals surface area contributed by atoms with E-state index < -0.39 is 10.0 Å². The Balaban J connectivity index is 1.68. The Kier molecular flexibility index (Phi) is 3.83. The third-order valence-electron chi connectivity index (χ3n) is 3.03. The van der Waals surface area contributed by atoms with E-state index in [1.807, 2.05) is 0 Å². The zero-order chi connectivity index (χ0) is 14.0. The van der Waals surface area contributed by atoms with E-state index in [1.54, 1.807) is 17.9 Å². The van der Waals surface area contributed by atoms with Gasteiger partial charge in [0, 0.05) is 35.8 Å². The molecule has 0 bridgehead atoms. The lowest BCUT2D eigenvalue weighted by Crippen LogP contribution is -2.25. The van der Waals surface area contributed by atoms with Crippen molar-refractivity contribution >= 4 is 21.4 Å². The first-order chi connectivity index (χ1) is 9.65. The number of nitrogens with zero attached hydrogens (tertiary/aromatic N) is 2. The van der Waals surface area contributed by atoms with E-state index in [2.05, 4.69) is 25.2 Å². The molecule has 9 heteroatoms. The van der Waals surface area contributed by atoms with Gasteiger partial charge in [-0.05, 0) is 12.8 Å².